The van der Waals surface area contributed by atoms with E-state index in [0.29, 0.717) is 24.5 Å². The first kappa shape index (κ1) is 20.7. The Kier molecular flexibility index (Phi) is 5.79. The minimum atomic E-state index is -4.57. The van der Waals surface area contributed by atoms with Crippen molar-refractivity contribution in [1.82, 2.24) is 15.0 Å². The van der Waals surface area contributed by atoms with Crippen molar-refractivity contribution in [3.05, 3.63) is 60.0 Å². The number of halogens is 3. The highest BCUT2D eigenvalue weighted by Gasteiger charge is 2.34. The number of carbonyl (C=O) groups is 1. The van der Waals surface area contributed by atoms with Crippen LogP contribution >= 0.6 is 0 Å². The number of rotatable bonds is 6. The van der Waals surface area contributed by atoms with Crippen molar-refractivity contribution in [2.75, 3.05) is 28.6 Å². The number of hydrogen-bond donors (Lipinski definition) is 3. The van der Waals surface area contributed by atoms with Crippen LogP contribution in [0.3, 0.4) is 0 Å². The fourth-order valence-corrected chi connectivity index (χ4v) is 3.34. The first-order valence-electron chi connectivity index (χ1n) is 9.87. The highest BCUT2D eigenvalue weighted by molar-refractivity contribution is 5.92. The van der Waals surface area contributed by atoms with Gasteiger partial charge < -0.3 is 20.5 Å². The molecule has 3 aromatic rings. The molecule has 3 N–H and O–H groups in total. The van der Waals surface area contributed by atoms with Crippen LogP contribution < -0.4 is 15.5 Å². The van der Waals surface area contributed by atoms with E-state index in [9.17, 15) is 18.0 Å². The predicted octanol–water partition coefficient (Wildman–Crippen LogP) is 4.35. The highest BCUT2D eigenvalue weighted by Crippen LogP contribution is 2.32. The summed E-state index contributed by atoms with van der Waals surface area (Å²) in [5.74, 6) is -0.0418. The molecule has 4 rings (SSSR count). The van der Waals surface area contributed by atoms with Crippen molar-refractivity contribution < 1.29 is 18.0 Å². The van der Waals surface area contributed by atoms with Gasteiger partial charge in [-0.15, -0.1) is 0 Å². The lowest BCUT2D eigenvalue weighted by Crippen LogP contribution is -2.23. The Morgan fingerprint density at radius 2 is 1.77 bits per heavy atom. The van der Waals surface area contributed by atoms with E-state index in [0.717, 1.165) is 24.6 Å². The maximum atomic E-state index is 13.3. The molecule has 0 saturated carbocycles. The van der Waals surface area contributed by atoms with Gasteiger partial charge in [-0.3, -0.25) is 4.79 Å². The summed E-state index contributed by atoms with van der Waals surface area (Å²) >= 11 is 0. The summed E-state index contributed by atoms with van der Waals surface area (Å²) < 4.78 is 39.9. The minimum Gasteiger partial charge on any atom is -0.365 e. The second kappa shape index (κ2) is 8.66. The molecule has 162 valence electrons. The first-order chi connectivity index (χ1) is 14.9. The summed E-state index contributed by atoms with van der Waals surface area (Å²) in [6.45, 7) is 1.27. The molecule has 0 unspecified atom stereocenters. The van der Waals surface area contributed by atoms with Crippen LogP contribution in [0.5, 0.6) is 0 Å². The number of H-pyrrole nitrogens is 1. The van der Waals surface area contributed by atoms with E-state index >= 15 is 0 Å². The Morgan fingerprint density at radius 1 is 1.06 bits per heavy atom. The molecule has 2 aromatic heterocycles. The lowest BCUT2D eigenvalue weighted by molar-refractivity contribution is -0.141. The lowest BCUT2D eigenvalue weighted by atomic mass is 10.2. The van der Waals surface area contributed by atoms with Gasteiger partial charge in [0.15, 0.2) is 5.69 Å². The van der Waals surface area contributed by atoms with Crippen LogP contribution in [0.4, 0.5) is 36.3 Å². The second-order valence-electron chi connectivity index (χ2n) is 7.25. The molecule has 0 radical (unpaired) electrons. The molecule has 0 bridgehead atoms. The second-order valence-corrected chi connectivity index (χ2v) is 7.25. The largest absolute Gasteiger partial charge is 0.433 e. The van der Waals surface area contributed by atoms with E-state index < -0.39 is 11.9 Å². The smallest absolute Gasteiger partial charge is 0.365 e. The monoisotopic (exact) mass is 430 g/mol. The fourth-order valence-electron chi connectivity index (χ4n) is 3.34. The van der Waals surface area contributed by atoms with Gasteiger partial charge in [-0.05, 0) is 49.2 Å². The lowest BCUT2D eigenvalue weighted by Gasteiger charge is -2.18. The summed E-state index contributed by atoms with van der Waals surface area (Å²) in [5, 5.41) is 5.68. The number of amides is 1. The zero-order chi connectivity index (χ0) is 21.8. The summed E-state index contributed by atoms with van der Waals surface area (Å²) in [7, 11) is 0. The highest BCUT2D eigenvalue weighted by atomic mass is 19.4. The fraction of sp³-hybridized carbons (Fsp3) is 0.286. The molecule has 3 heterocycles. The van der Waals surface area contributed by atoms with Crippen LogP contribution in [0.1, 0.15) is 24.2 Å². The number of hydrogen-bond acceptors (Lipinski definition) is 5. The van der Waals surface area contributed by atoms with Gasteiger partial charge in [0.1, 0.15) is 5.82 Å². The maximum absolute atomic E-state index is 13.3. The predicted molar refractivity (Wildman–Crippen MR) is 111 cm³/mol. The number of aromatic nitrogens is 3. The molecule has 0 atom stereocenters. The van der Waals surface area contributed by atoms with Gasteiger partial charge in [-0.25, -0.2) is 4.98 Å². The third-order valence-electron chi connectivity index (χ3n) is 4.85. The standard InChI is InChI=1S/C21H21F3N6O/c22-21(23,24)17-13-18(29-20(28-17)30-10-1-2-11-30)26-14-5-7-15(8-6-14)27-19(31)12-16-4-3-9-25-16/h3-9,13,25H,1-2,10-12H2,(H,27,31)(H,26,28,29). The third kappa shape index (κ3) is 5.33. The van der Waals surface area contributed by atoms with E-state index in [1.165, 1.54) is 0 Å². The summed E-state index contributed by atoms with van der Waals surface area (Å²) in [4.78, 5) is 24.8. The van der Waals surface area contributed by atoms with E-state index in [2.05, 4.69) is 25.6 Å². The van der Waals surface area contributed by atoms with Gasteiger partial charge >= 0.3 is 6.18 Å². The van der Waals surface area contributed by atoms with Crippen molar-refractivity contribution in [2.45, 2.75) is 25.4 Å². The molecule has 0 spiro atoms. The quantitative estimate of drug-likeness (QED) is 0.541. The molecule has 10 heteroatoms. The number of anilines is 4. The molecule has 31 heavy (non-hydrogen) atoms. The molecule has 1 aliphatic heterocycles. The number of aromatic amines is 1. The zero-order valence-corrected chi connectivity index (χ0v) is 16.5. The molecule has 7 nitrogen and oxygen atoms in total. The van der Waals surface area contributed by atoms with Crippen LogP contribution in [0.15, 0.2) is 48.7 Å². The molecule has 0 aliphatic carbocycles. The summed E-state index contributed by atoms with van der Waals surface area (Å²) in [6, 6.07) is 11.2. The van der Waals surface area contributed by atoms with Crippen molar-refractivity contribution >= 4 is 29.0 Å². The first-order valence-corrected chi connectivity index (χ1v) is 9.87. The Morgan fingerprint density at radius 3 is 2.42 bits per heavy atom. The van der Waals surface area contributed by atoms with Gasteiger partial charge in [0.25, 0.3) is 0 Å². The topological polar surface area (TPSA) is 85.9 Å². The van der Waals surface area contributed by atoms with E-state index in [1.54, 1.807) is 35.4 Å². The van der Waals surface area contributed by atoms with Gasteiger partial charge in [-0.1, -0.05) is 0 Å². The van der Waals surface area contributed by atoms with Crippen molar-refractivity contribution in [3.63, 3.8) is 0 Å². The van der Waals surface area contributed by atoms with Gasteiger partial charge in [0, 0.05) is 42.4 Å². The molecule has 1 aliphatic rings. The molecular weight excluding hydrogens is 409 g/mol. The molecule has 1 fully saturated rings. The number of nitrogens with zero attached hydrogens (tertiary/aromatic N) is 3. The van der Waals surface area contributed by atoms with E-state index in [-0.39, 0.29) is 24.1 Å². The van der Waals surface area contributed by atoms with E-state index in [1.807, 2.05) is 12.1 Å². The van der Waals surface area contributed by atoms with Crippen LogP contribution in [-0.4, -0.2) is 33.9 Å². The number of alkyl halides is 3. The van der Waals surface area contributed by atoms with Crippen molar-refractivity contribution in [1.29, 1.82) is 0 Å². The van der Waals surface area contributed by atoms with Crippen molar-refractivity contribution in [2.24, 2.45) is 0 Å². The zero-order valence-electron chi connectivity index (χ0n) is 16.5. The van der Waals surface area contributed by atoms with Crippen LogP contribution in [0.25, 0.3) is 0 Å². The number of benzene rings is 1. The Hall–Kier alpha value is -3.56. The van der Waals surface area contributed by atoms with Crippen LogP contribution in [-0.2, 0) is 17.4 Å². The Balaban J connectivity index is 1.46. The summed E-state index contributed by atoms with van der Waals surface area (Å²) in [6.07, 6.45) is -0.803. The number of carbonyl (C=O) groups excluding carboxylic acids is 1. The molecule has 1 aromatic carbocycles. The normalized spacial score (nSPS) is 14.0. The van der Waals surface area contributed by atoms with E-state index in [4.69, 9.17) is 0 Å². The van der Waals surface area contributed by atoms with Crippen LogP contribution in [0, 0.1) is 0 Å². The molecule has 1 amide bonds. The average Bonchev–Trinajstić information content (AvgIpc) is 3.43. The third-order valence-corrected chi connectivity index (χ3v) is 4.85. The maximum Gasteiger partial charge on any atom is 0.433 e. The molecule has 1 saturated heterocycles. The van der Waals surface area contributed by atoms with Gasteiger partial charge in [0.2, 0.25) is 11.9 Å². The molecular formula is C21H21F3N6O. The van der Waals surface area contributed by atoms with Gasteiger partial charge in [0.05, 0.1) is 6.42 Å². The van der Waals surface area contributed by atoms with Gasteiger partial charge in [-0.2, -0.15) is 18.2 Å². The average molecular weight is 430 g/mol. The van der Waals surface area contributed by atoms with Crippen molar-refractivity contribution in [3.8, 4) is 0 Å². The number of nitrogens with one attached hydrogen (secondary N) is 3. The minimum absolute atomic E-state index is 0.0627. The Labute approximate surface area is 176 Å². The Bertz CT molecular complexity index is 1030. The summed E-state index contributed by atoms with van der Waals surface area (Å²) in [5.41, 5.74) is 0.939. The van der Waals surface area contributed by atoms with Crippen LogP contribution in [0.2, 0.25) is 0 Å². The SMILES string of the molecule is O=C(Cc1ccc[nH]1)Nc1ccc(Nc2cc(C(F)(F)F)nc(N3CCCC3)n2)cc1.